The van der Waals surface area contributed by atoms with E-state index in [1.54, 1.807) is 0 Å². The minimum atomic E-state index is 0.575. The van der Waals surface area contributed by atoms with Gasteiger partial charge in [-0.05, 0) is 76.9 Å². The van der Waals surface area contributed by atoms with Crippen molar-refractivity contribution in [1.29, 1.82) is 0 Å². The van der Waals surface area contributed by atoms with Gasteiger partial charge in [0, 0.05) is 42.5 Å². The molecule has 0 spiro atoms. The van der Waals surface area contributed by atoms with Crippen LogP contribution in [0, 0.1) is 0 Å². The van der Waals surface area contributed by atoms with Gasteiger partial charge in [-0.15, -0.1) is 11.3 Å². The molecule has 11 rings (SSSR count). The molecule has 0 atom stereocenters. The number of benzene rings is 8. The number of furan rings is 1. The average Bonchev–Trinajstić information content (AvgIpc) is 3.96. The standard InChI is InChI=1S/C49H30N2O2S/c1-3-13-31(14-4-1)32-25-27-35(28-26-32)51(36-18-11-17-34(29-36)37-21-12-22-39-38-19-8-10-24-44(38)54-48(37)39)42-30-41-46(53-49(50-41)33-15-5-2-6-16-33)45-40-20-7-9-23-43(40)52-47(42)45/h1-30H. The molecule has 5 heteroatoms. The van der Waals surface area contributed by atoms with Crippen molar-refractivity contribution < 1.29 is 8.83 Å². The first-order chi connectivity index (χ1) is 26.8. The zero-order valence-electron chi connectivity index (χ0n) is 28.9. The molecule has 8 aromatic carbocycles. The second-order valence-electron chi connectivity index (χ2n) is 13.5. The van der Waals surface area contributed by atoms with Gasteiger partial charge in [-0.1, -0.05) is 127 Å². The Kier molecular flexibility index (Phi) is 7.00. The summed E-state index contributed by atoms with van der Waals surface area (Å²) in [5.74, 6) is 0.575. The van der Waals surface area contributed by atoms with Crippen molar-refractivity contribution in [2.45, 2.75) is 0 Å². The number of fused-ring (bicyclic) bond motifs is 8. The molecular formula is C49H30N2O2S. The lowest BCUT2D eigenvalue weighted by Gasteiger charge is -2.26. The first-order valence-electron chi connectivity index (χ1n) is 18.0. The Morgan fingerprint density at radius 1 is 0.463 bits per heavy atom. The zero-order valence-corrected chi connectivity index (χ0v) is 29.8. The van der Waals surface area contributed by atoms with Gasteiger partial charge in [-0.2, -0.15) is 0 Å². The normalized spacial score (nSPS) is 11.7. The SMILES string of the molecule is c1ccc(-c2ccc(N(c3cccc(-c4cccc5c4sc4ccccc45)c3)c3cc4nc(-c5ccccc5)oc4c4c3oc3ccccc34)cc2)cc1. The molecule has 11 aromatic rings. The lowest BCUT2D eigenvalue weighted by atomic mass is 10.0. The maximum atomic E-state index is 6.80. The molecule has 0 bridgehead atoms. The van der Waals surface area contributed by atoms with Crippen LogP contribution in [0.25, 0.3) is 86.9 Å². The van der Waals surface area contributed by atoms with Crippen LogP contribution in [-0.2, 0) is 0 Å². The molecule has 0 aliphatic heterocycles. The largest absolute Gasteiger partial charge is 0.454 e. The van der Waals surface area contributed by atoms with Crippen molar-refractivity contribution in [3.8, 4) is 33.7 Å². The second-order valence-corrected chi connectivity index (χ2v) is 14.6. The molecule has 0 aliphatic rings. The van der Waals surface area contributed by atoms with E-state index in [0.717, 1.165) is 61.2 Å². The number of hydrogen-bond acceptors (Lipinski definition) is 5. The maximum absolute atomic E-state index is 6.80. The third-order valence-electron chi connectivity index (χ3n) is 10.3. The van der Waals surface area contributed by atoms with Gasteiger partial charge >= 0.3 is 0 Å². The van der Waals surface area contributed by atoms with Crippen molar-refractivity contribution in [3.63, 3.8) is 0 Å². The lowest BCUT2D eigenvalue weighted by Crippen LogP contribution is -2.10. The Hall–Kier alpha value is -6.95. The van der Waals surface area contributed by atoms with Gasteiger partial charge in [-0.3, -0.25) is 0 Å². The number of thiophene rings is 1. The van der Waals surface area contributed by atoms with Gasteiger partial charge in [-0.25, -0.2) is 4.98 Å². The van der Waals surface area contributed by atoms with Crippen LogP contribution in [0.3, 0.4) is 0 Å². The number of para-hydroxylation sites is 1. The molecule has 0 radical (unpaired) electrons. The van der Waals surface area contributed by atoms with Gasteiger partial charge < -0.3 is 13.7 Å². The first-order valence-corrected chi connectivity index (χ1v) is 18.8. The molecule has 0 N–H and O–H groups in total. The molecule has 0 unspecified atom stereocenters. The van der Waals surface area contributed by atoms with Gasteiger partial charge in [0.1, 0.15) is 11.1 Å². The number of nitrogens with zero attached hydrogens (tertiary/aromatic N) is 2. The van der Waals surface area contributed by atoms with Crippen LogP contribution in [-0.4, -0.2) is 4.98 Å². The fraction of sp³-hybridized carbons (Fsp3) is 0. The van der Waals surface area contributed by atoms with E-state index in [2.05, 4.69) is 132 Å². The molecule has 0 fully saturated rings. The van der Waals surface area contributed by atoms with E-state index in [-0.39, 0.29) is 0 Å². The molecule has 3 aromatic heterocycles. The number of aromatic nitrogens is 1. The number of rotatable bonds is 6. The van der Waals surface area contributed by atoms with Crippen LogP contribution in [0.1, 0.15) is 0 Å². The predicted octanol–water partition coefficient (Wildman–Crippen LogP) is 14.6. The highest BCUT2D eigenvalue weighted by Gasteiger charge is 2.25. The summed E-state index contributed by atoms with van der Waals surface area (Å²) in [6.07, 6.45) is 0. The molecule has 4 nitrogen and oxygen atoms in total. The summed E-state index contributed by atoms with van der Waals surface area (Å²) < 4.78 is 16.0. The van der Waals surface area contributed by atoms with E-state index in [9.17, 15) is 0 Å². The van der Waals surface area contributed by atoms with Crippen LogP contribution in [0.15, 0.2) is 191 Å². The Morgan fingerprint density at radius 2 is 1.13 bits per heavy atom. The lowest BCUT2D eigenvalue weighted by molar-refractivity contribution is 0.622. The van der Waals surface area contributed by atoms with Crippen molar-refractivity contribution in [3.05, 3.63) is 182 Å². The summed E-state index contributed by atoms with van der Waals surface area (Å²) >= 11 is 1.85. The number of hydrogen-bond donors (Lipinski definition) is 0. The van der Waals surface area contributed by atoms with Crippen molar-refractivity contribution >= 4 is 81.6 Å². The van der Waals surface area contributed by atoms with Gasteiger partial charge in [0.25, 0.3) is 0 Å². The monoisotopic (exact) mass is 710 g/mol. The Labute approximate surface area is 314 Å². The molecule has 0 amide bonds. The van der Waals surface area contributed by atoms with Crippen molar-refractivity contribution in [2.75, 3.05) is 4.90 Å². The molecule has 0 aliphatic carbocycles. The molecule has 0 saturated heterocycles. The summed E-state index contributed by atoms with van der Waals surface area (Å²) in [4.78, 5) is 7.39. The second kappa shape index (κ2) is 12.3. The van der Waals surface area contributed by atoms with Crippen molar-refractivity contribution in [2.24, 2.45) is 0 Å². The van der Waals surface area contributed by atoms with E-state index in [1.165, 1.54) is 31.3 Å². The van der Waals surface area contributed by atoms with E-state index in [4.69, 9.17) is 13.8 Å². The molecule has 254 valence electrons. The fourth-order valence-electron chi connectivity index (χ4n) is 7.77. The van der Waals surface area contributed by atoms with Gasteiger partial charge in [0.05, 0.1) is 11.1 Å². The van der Waals surface area contributed by atoms with Crippen molar-refractivity contribution in [1.82, 2.24) is 4.98 Å². The third kappa shape index (κ3) is 4.94. The Bertz CT molecular complexity index is 3160. The predicted molar refractivity (Wildman–Crippen MR) is 225 cm³/mol. The molecule has 0 saturated carbocycles. The van der Waals surface area contributed by atoms with Crippen LogP contribution in [0.5, 0.6) is 0 Å². The Balaban J connectivity index is 1.16. The smallest absolute Gasteiger partial charge is 0.227 e. The van der Waals surface area contributed by atoms with E-state index in [0.29, 0.717) is 11.5 Å². The van der Waals surface area contributed by atoms with Crippen LogP contribution >= 0.6 is 11.3 Å². The summed E-state index contributed by atoms with van der Waals surface area (Å²) in [6, 6.07) is 63.8. The van der Waals surface area contributed by atoms with E-state index in [1.807, 2.05) is 65.9 Å². The average molecular weight is 711 g/mol. The summed E-state index contributed by atoms with van der Waals surface area (Å²) in [5, 5.41) is 4.46. The molecular weight excluding hydrogens is 681 g/mol. The highest BCUT2D eigenvalue weighted by Crippen LogP contribution is 2.48. The van der Waals surface area contributed by atoms with Crippen LogP contribution < -0.4 is 4.90 Å². The van der Waals surface area contributed by atoms with Crippen LogP contribution in [0.2, 0.25) is 0 Å². The highest BCUT2D eigenvalue weighted by molar-refractivity contribution is 7.26. The maximum Gasteiger partial charge on any atom is 0.227 e. The Morgan fingerprint density at radius 3 is 1.96 bits per heavy atom. The van der Waals surface area contributed by atoms with Gasteiger partial charge in [0.2, 0.25) is 5.89 Å². The van der Waals surface area contributed by atoms with Crippen LogP contribution in [0.4, 0.5) is 17.1 Å². The zero-order chi connectivity index (χ0) is 35.6. The first kappa shape index (κ1) is 30.7. The molecule has 3 heterocycles. The van der Waals surface area contributed by atoms with E-state index < -0.39 is 0 Å². The third-order valence-corrected chi connectivity index (χ3v) is 11.5. The number of anilines is 3. The summed E-state index contributed by atoms with van der Waals surface area (Å²) in [5.41, 5.74) is 11.5. The number of oxazole rings is 1. The minimum Gasteiger partial charge on any atom is -0.454 e. The minimum absolute atomic E-state index is 0.575. The quantitative estimate of drug-likeness (QED) is 0.172. The highest BCUT2D eigenvalue weighted by atomic mass is 32.1. The summed E-state index contributed by atoms with van der Waals surface area (Å²) in [7, 11) is 0. The van der Waals surface area contributed by atoms with Gasteiger partial charge in [0.15, 0.2) is 11.2 Å². The fourth-order valence-corrected chi connectivity index (χ4v) is 9.01. The molecule has 54 heavy (non-hydrogen) atoms. The summed E-state index contributed by atoms with van der Waals surface area (Å²) in [6.45, 7) is 0. The van der Waals surface area contributed by atoms with E-state index >= 15 is 0 Å². The topological polar surface area (TPSA) is 42.4 Å².